The summed E-state index contributed by atoms with van der Waals surface area (Å²) >= 11 is 0. The van der Waals surface area contributed by atoms with Gasteiger partial charge in [0.15, 0.2) is 23.0 Å². The molecule has 0 aliphatic heterocycles. The van der Waals surface area contributed by atoms with Crippen molar-refractivity contribution < 1.29 is 24.4 Å². The lowest BCUT2D eigenvalue weighted by atomic mass is 10.2. The van der Waals surface area contributed by atoms with Gasteiger partial charge in [0.25, 0.3) is 0 Å². The van der Waals surface area contributed by atoms with Crippen LogP contribution in [0, 0.1) is 0 Å². The Labute approximate surface area is 117 Å². The molecule has 0 aliphatic carbocycles. The van der Waals surface area contributed by atoms with E-state index in [9.17, 15) is 10.2 Å². The molecule has 5 nitrogen and oxygen atoms in total. The minimum absolute atomic E-state index is 0.0594. The zero-order valence-corrected chi connectivity index (χ0v) is 11.3. The molecular formula is C15H16O5. The average molecular weight is 276 g/mol. The first-order valence-corrected chi connectivity index (χ1v) is 6.01. The molecule has 0 saturated carbocycles. The highest BCUT2D eigenvalue weighted by atomic mass is 16.5. The minimum atomic E-state index is -0.0756. The molecule has 0 heterocycles. The predicted octanol–water partition coefficient (Wildman–Crippen LogP) is 2.69. The van der Waals surface area contributed by atoms with Gasteiger partial charge in [0.2, 0.25) is 5.75 Å². The summed E-state index contributed by atoms with van der Waals surface area (Å²) < 4.78 is 15.7. The van der Waals surface area contributed by atoms with E-state index in [0.717, 1.165) is 0 Å². The van der Waals surface area contributed by atoms with Crippen LogP contribution in [0.25, 0.3) is 0 Å². The van der Waals surface area contributed by atoms with Crippen molar-refractivity contribution in [3.63, 3.8) is 0 Å². The monoisotopic (exact) mass is 276 g/mol. The van der Waals surface area contributed by atoms with Crippen molar-refractivity contribution in [2.45, 2.75) is 6.61 Å². The SMILES string of the molecule is COc1ccc(COc2ccccc2O)c(OC)c1O. The van der Waals surface area contributed by atoms with Gasteiger partial charge in [0.05, 0.1) is 14.2 Å². The van der Waals surface area contributed by atoms with Gasteiger partial charge in [-0.25, -0.2) is 0 Å². The molecule has 2 aromatic carbocycles. The van der Waals surface area contributed by atoms with E-state index in [1.807, 2.05) is 0 Å². The van der Waals surface area contributed by atoms with E-state index in [0.29, 0.717) is 22.8 Å². The van der Waals surface area contributed by atoms with Crippen LogP contribution < -0.4 is 14.2 Å². The number of phenols is 2. The summed E-state index contributed by atoms with van der Waals surface area (Å²) in [5, 5.41) is 19.6. The maximum absolute atomic E-state index is 9.97. The van der Waals surface area contributed by atoms with Crippen LogP contribution in [0.15, 0.2) is 36.4 Å². The summed E-state index contributed by atoms with van der Waals surface area (Å²) in [4.78, 5) is 0. The first-order chi connectivity index (χ1) is 9.67. The summed E-state index contributed by atoms with van der Waals surface area (Å²) in [5.41, 5.74) is 0.647. The summed E-state index contributed by atoms with van der Waals surface area (Å²) in [6.07, 6.45) is 0. The van der Waals surface area contributed by atoms with Crippen molar-refractivity contribution in [2.24, 2.45) is 0 Å². The van der Waals surface area contributed by atoms with Crippen LogP contribution in [-0.2, 0) is 6.61 Å². The Kier molecular flexibility index (Phi) is 4.20. The first kappa shape index (κ1) is 13.9. The second-order valence-corrected chi connectivity index (χ2v) is 4.07. The molecule has 5 heteroatoms. The summed E-state index contributed by atoms with van der Waals surface area (Å²) in [6, 6.07) is 10.0. The smallest absolute Gasteiger partial charge is 0.201 e. The summed E-state index contributed by atoms with van der Waals surface area (Å²) in [7, 11) is 2.92. The molecule has 106 valence electrons. The molecule has 0 unspecified atom stereocenters. The lowest BCUT2D eigenvalue weighted by Gasteiger charge is -2.14. The largest absolute Gasteiger partial charge is 0.504 e. The van der Waals surface area contributed by atoms with E-state index >= 15 is 0 Å². The lowest BCUT2D eigenvalue weighted by Crippen LogP contribution is -2.00. The first-order valence-electron chi connectivity index (χ1n) is 6.01. The van der Waals surface area contributed by atoms with Gasteiger partial charge < -0.3 is 24.4 Å². The third kappa shape index (κ3) is 2.71. The third-order valence-corrected chi connectivity index (χ3v) is 2.85. The number of hydrogen-bond acceptors (Lipinski definition) is 5. The van der Waals surface area contributed by atoms with Gasteiger partial charge in [-0.1, -0.05) is 12.1 Å². The van der Waals surface area contributed by atoms with E-state index in [2.05, 4.69) is 0 Å². The van der Waals surface area contributed by atoms with Gasteiger partial charge in [-0.05, 0) is 24.3 Å². The normalized spacial score (nSPS) is 10.1. The van der Waals surface area contributed by atoms with Crippen LogP contribution in [0.4, 0.5) is 0 Å². The molecule has 2 N–H and O–H groups in total. The van der Waals surface area contributed by atoms with Crippen molar-refractivity contribution in [1.29, 1.82) is 0 Å². The minimum Gasteiger partial charge on any atom is -0.504 e. The third-order valence-electron chi connectivity index (χ3n) is 2.85. The van der Waals surface area contributed by atoms with E-state index in [-0.39, 0.29) is 18.1 Å². The molecule has 0 aliphatic rings. The van der Waals surface area contributed by atoms with Crippen LogP contribution in [-0.4, -0.2) is 24.4 Å². The number of aromatic hydroxyl groups is 2. The second-order valence-electron chi connectivity index (χ2n) is 4.07. The molecule has 0 fully saturated rings. The second kappa shape index (κ2) is 6.06. The summed E-state index contributed by atoms with van der Waals surface area (Å²) in [5.74, 6) is 0.968. The van der Waals surface area contributed by atoms with E-state index in [1.165, 1.54) is 20.3 Å². The standard InChI is InChI=1S/C15H16O5/c1-18-13-8-7-10(15(19-2)14(13)17)9-20-12-6-4-3-5-11(12)16/h3-8,16-17H,9H2,1-2H3. The molecule has 2 rings (SSSR count). The van der Waals surface area contributed by atoms with Gasteiger partial charge in [0, 0.05) is 5.56 Å². The van der Waals surface area contributed by atoms with Gasteiger partial charge in [0.1, 0.15) is 6.61 Å². The van der Waals surface area contributed by atoms with Crippen LogP contribution in [0.2, 0.25) is 0 Å². The van der Waals surface area contributed by atoms with Gasteiger partial charge in [-0.15, -0.1) is 0 Å². The van der Waals surface area contributed by atoms with Crippen molar-refractivity contribution >= 4 is 0 Å². The molecule has 0 aromatic heterocycles. The van der Waals surface area contributed by atoms with E-state index in [1.54, 1.807) is 30.3 Å². The Morgan fingerprint density at radius 3 is 2.30 bits per heavy atom. The van der Waals surface area contributed by atoms with Gasteiger partial charge in [-0.2, -0.15) is 0 Å². The van der Waals surface area contributed by atoms with Crippen molar-refractivity contribution in [1.82, 2.24) is 0 Å². The molecule has 0 amide bonds. The zero-order chi connectivity index (χ0) is 14.5. The number of ether oxygens (including phenoxy) is 3. The van der Waals surface area contributed by atoms with Crippen LogP contribution in [0.5, 0.6) is 28.7 Å². The Morgan fingerprint density at radius 2 is 1.65 bits per heavy atom. The highest BCUT2D eigenvalue weighted by Crippen LogP contribution is 2.39. The highest BCUT2D eigenvalue weighted by molar-refractivity contribution is 5.54. The Balaban J connectivity index is 2.22. The van der Waals surface area contributed by atoms with Crippen molar-refractivity contribution in [3.05, 3.63) is 42.0 Å². The number of benzene rings is 2. The zero-order valence-electron chi connectivity index (χ0n) is 11.3. The van der Waals surface area contributed by atoms with Gasteiger partial charge >= 0.3 is 0 Å². The lowest BCUT2D eigenvalue weighted by molar-refractivity contribution is 0.276. The molecule has 0 bridgehead atoms. The summed E-state index contributed by atoms with van der Waals surface area (Å²) in [6.45, 7) is 0.151. The number of hydrogen-bond donors (Lipinski definition) is 2. The van der Waals surface area contributed by atoms with Crippen LogP contribution in [0.1, 0.15) is 5.56 Å². The maximum atomic E-state index is 9.97. The molecule has 0 saturated heterocycles. The molecule has 20 heavy (non-hydrogen) atoms. The number of para-hydroxylation sites is 2. The Bertz CT molecular complexity index is 595. The molecule has 0 spiro atoms. The van der Waals surface area contributed by atoms with E-state index in [4.69, 9.17) is 14.2 Å². The van der Waals surface area contributed by atoms with Crippen LogP contribution >= 0.6 is 0 Å². The number of rotatable bonds is 5. The van der Waals surface area contributed by atoms with Crippen molar-refractivity contribution in [2.75, 3.05) is 14.2 Å². The highest BCUT2D eigenvalue weighted by Gasteiger charge is 2.14. The molecule has 0 radical (unpaired) electrons. The maximum Gasteiger partial charge on any atom is 0.201 e. The fourth-order valence-corrected chi connectivity index (χ4v) is 1.84. The molecule has 2 aromatic rings. The quantitative estimate of drug-likeness (QED) is 0.878. The molecule has 0 atom stereocenters. The van der Waals surface area contributed by atoms with Crippen LogP contribution in [0.3, 0.4) is 0 Å². The number of phenolic OH excluding ortho intramolecular Hbond substituents is 2. The predicted molar refractivity (Wildman–Crippen MR) is 73.6 cm³/mol. The Hall–Kier alpha value is -2.56. The topological polar surface area (TPSA) is 68.2 Å². The Morgan fingerprint density at radius 1 is 0.900 bits per heavy atom. The molecular weight excluding hydrogens is 260 g/mol. The fourth-order valence-electron chi connectivity index (χ4n) is 1.84. The van der Waals surface area contributed by atoms with Gasteiger partial charge in [-0.3, -0.25) is 0 Å². The fraction of sp³-hybridized carbons (Fsp3) is 0.200. The average Bonchev–Trinajstić information content (AvgIpc) is 2.46. The number of methoxy groups -OCH3 is 2. The van der Waals surface area contributed by atoms with E-state index < -0.39 is 0 Å². The van der Waals surface area contributed by atoms with Crippen molar-refractivity contribution in [3.8, 4) is 28.7 Å².